The molecule has 4 nitrogen and oxygen atoms in total. The summed E-state index contributed by atoms with van der Waals surface area (Å²) in [5.74, 6) is 0.157. The van der Waals surface area contributed by atoms with Crippen LogP contribution in [0.3, 0.4) is 0 Å². The van der Waals surface area contributed by atoms with Crippen molar-refractivity contribution in [1.82, 2.24) is 9.78 Å². The number of hydrogen-bond acceptors (Lipinski definition) is 3. The van der Waals surface area contributed by atoms with E-state index in [-0.39, 0.29) is 17.3 Å². The van der Waals surface area contributed by atoms with Crippen LogP contribution in [0.2, 0.25) is 0 Å². The van der Waals surface area contributed by atoms with E-state index >= 15 is 0 Å². The van der Waals surface area contributed by atoms with Gasteiger partial charge >= 0.3 is 5.97 Å². The first-order valence-corrected chi connectivity index (χ1v) is 5.94. The Hall–Kier alpha value is -1.32. The lowest BCUT2D eigenvalue weighted by molar-refractivity contribution is -0.161. The second-order valence-electron chi connectivity index (χ2n) is 6.12. The molecule has 1 aliphatic rings. The minimum atomic E-state index is -0.415. The highest BCUT2D eigenvalue weighted by atomic mass is 16.6. The average Bonchev–Trinajstić information content (AvgIpc) is 2.66. The molecule has 2 atom stereocenters. The molecule has 2 unspecified atom stereocenters. The molecule has 0 bridgehead atoms. The number of nitrogens with zero attached hydrogens (tertiary/aromatic N) is 2. The van der Waals surface area contributed by atoms with Crippen LogP contribution in [0.25, 0.3) is 0 Å². The monoisotopic (exact) mass is 236 g/mol. The molecule has 0 saturated heterocycles. The lowest BCUT2D eigenvalue weighted by atomic mass is 10.0. The summed E-state index contributed by atoms with van der Waals surface area (Å²) in [5, 5.41) is 4.14. The number of aryl methyl sites for hydroxylation is 1. The number of carbonyl (C=O) groups excluding carboxylic acids is 1. The molecule has 1 heterocycles. The Morgan fingerprint density at radius 1 is 1.59 bits per heavy atom. The molecular weight excluding hydrogens is 216 g/mol. The van der Waals surface area contributed by atoms with E-state index in [1.807, 2.05) is 47.1 Å². The molecule has 17 heavy (non-hydrogen) atoms. The summed E-state index contributed by atoms with van der Waals surface area (Å²) in [6.45, 7) is 7.67. The minimum absolute atomic E-state index is 0.0983. The molecule has 2 rings (SSSR count). The molecule has 1 fully saturated rings. The second kappa shape index (κ2) is 3.59. The first-order valence-electron chi connectivity index (χ1n) is 5.94. The standard InChI is InChI=1S/C13H20N2O2/c1-12(2,3)17-11(16)13(4)6-10(13)9-7-14-15(5)8-9/h7-8,10H,6H2,1-5H3. The molecule has 1 aromatic rings. The van der Waals surface area contributed by atoms with Crippen molar-refractivity contribution in [2.45, 2.75) is 45.6 Å². The summed E-state index contributed by atoms with van der Waals surface area (Å²) < 4.78 is 7.22. The largest absolute Gasteiger partial charge is 0.460 e. The van der Waals surface area contributed by atoms with Crippen LogP contribution >= 0.6 is 0 Å². The van der Waals surface area contributed by atoms with Gasteiger partial charge in [0.2, 0.25) is 0 Å². The van der Waals surface area contributed by atoms with Crippen molar-refractivity contribution >= 4 is 5.97 Å². The summed E-state index contributed by atoms with van der Waals surface area (Å²) in [7, 11) is 1.89. The molecule has 0 aromatic carbocycles. The molecule has 0 spiro atoms. The fourth-order valence-electron chi connectivity index (χ4n) is 2.09. The minimum Gasteiger partial charge on any atom is -0.460 e. The van der Waals surface area contributed by atoms with Crippen LogP contribution in [0.15, 0.2) is 12.4 Å². The number of ether oxygens (including phenoxy) is 1. The van der Waals surface area contributed by atoms with E-state index in [4.69, 9.17) is 4.74 Å². The molecule has 94 valence electrons. The Bertz CT molecular complexity index is 445. The zero-order chi connectivity index (χ0) is 12.8. The molecule has 0 N–H and O–H groups in total. The molecular formula is C13H20N2O2. The maximum Gasteiger partial charge on any atom is 0.312 e. The number of aromatic nitrogens is 2. The fraction of sp³-hybridized carbons (Fsp3) is 0.692. The van der Waals surface area contributed by atoms with Crippen LogP contribution in [0.4, 0.5) is 0 Å². The lowest BCUT2D eigenvalue weighted by Gasteiger charge is -2.22. The fourth-order valence-corrected chi connectivity index (χ4v) is 2.09. The maximum absolute atomic E-state index is 12.1. The highest BCUT2D eigenvalue weighted by molar-refractivity contribution is 5.82. The molecule has 1 saturated carbocycles. The van der Waals surface area contributed by atoms with Crippen molar-refractivity contribution < 1.29 is 9.53 Å². The number of rotatable bonds is 2. The van der Waals surface area contributed by atoms with Crippen molar-refractivity contribution in [2.75, 3.05) is 0 Å². The lowest BCUT2D eigenvalue weighted by Crippen LogP contribution is -2.29. The van der Waals surface area contributed by atoms with Crippen LogP contribution in [-0.4, -0.2) is 21.4 Å². The Morgan fingerprint density at radius 2 is 2.24 bits per heavy atom. The van der Waals surface area contributed by atoms with Gasteiger partial charge in [-0.2, -0.15) is 5.10 Å². The number of esters is 1. The van der Waals surface area contributed by atoms with Crippen LogP contribution in [0, 0.1) is 5.41 Å². The van der Waals surface area contributed by atoms with E-state index in [2.05, 4.69) is 5.10 Å². The van der Waals surface area contributed by atoms with Gasteiger partial charge in [0.05, 0.1) is 11.6 Å². The molecule has 1 aromatic heterocycles. The van der Waals surface area contributed by atoms with Crippen molar-refractivity contribution in [2.24, 2.45) is 12.5 Å². The van der Waals surface area contributed by atoms with Gasteiger partial charge in [-0.3, -0.25) is 9.48 Å². The third kappa shape index (κ3) is 2.35. The van der Waals surface area contributed by atoms with E-state index in [0.717, 1.165) is 12.0 Å². The first kappa shape index (κ1) is 12.1. The molecule has 1 aliphatic carbocycles. The number of carbonyl (C=O) groups is 1. The van der Waals surface area contributed by atoms with Crippen molar-refractivity contribution in [1.29, 1.82) is 0 Å². The highest BCUT2D eigenvalue weighted by Gasteiger charge is 2.58. The van der Waals surface area contributed by atoms with E-state index in [0.29, 0.717) is 0 Å². The van der Waals surface area contributed by atoms with Crippen molar-refractivity contribution in [3.8, 4) is 0 Å². The quantitative estimate of drug-likeness (QED) is 0.740. The molecule has 0 radical (unpaired) electrons. The normalized spacial score (nSPS) is 27.9. The molecule has 0 amide bonds. The third-order valence-corrected chi connectivity index (χ3v) is 3.23. The zero-order valence-corrected chi connectivity index (χ0v) is 11.2. The summed E-state index contributed by atoms with van der Waals surface area (Å²) in [6, 6.07) is 0. The summed E-state index contributed by atoms with van der Waals surface area (Å²) in [4.78, 5) is 12.1. The molecule has 4 heteroatoms. The van der Waals surface area contributed by atoms with Gasteiger partial charge in [0.25, 0.3) is 0 Å². The van der Waals surface area contributed by atoms with Gasteiger partial charge < -0.3 is 4.74 Å². The second-order valence-corrected chi connectivity index (χ2v) is 6.12. The van der Waals surface area contributed by atoms with Gasteiger partial charge in [0.15, 0.2) is 0 Å². The Kier molecular flexibility index (Phi) is 2.56. The van der Waals surface area contributed by atoms with Gasteiger partial charge in [-0.25, -0.2) is 0 Å². The van der Waals surface area contributed by atoms with Crippen LogP contribution in [0.5, 0.6) is 0 Å². The van der Waals surface area contributed by atoms with E-state index in [1.54, 1.807) is 4.68 Å². The SMILES string of the molecule is Cn1cc(C2CC2(C)C(=O)OC(C)(C)C)cn1. The summed E-state index contributed by atoms with van der Waals surface area (Å²) in [5.41, 5.74) is 0.347. The third-order valence-electron chi connectivity index (χ3n) is 3.23. The van der Waals surface area contributed by atoms with Crippen LogP contribution < -0.4 is 0 Å². The van der Waals surface area contributed by atoms with Crippen molar-refractivity contribution in [3.05, 3.63) is 18.0 Å². The number of hydrogen-bond donors (Lipinski definition) is 0. The Morgan fingerprint density at radius 3 is 2.71 bits per heavy atom. The smallest absolute Gasteiger partial charge is 0.312 e. The van der Waals surface area contributed by atoms with E-state index < -0.39 is 5.60 Å². The maximum atomic E-state index is 12.1. The van der Waals surface area contributed by atoms with E-state index in [1.165, 1.54) is 0 Å². The zero-order valence-electron chi connectivity index (χ0n) is 11.2. The predicted octanol–water partition coefficient (Wildman–Crippen LogP) is 2.26. The van der Waals surface area contributed by atoms with Gasteiger partial charge in [-0.1, -0.05) is 0 Å². The highest BCUT2D eigenvalue weighted by Crippen LogP contribution is 2.59. The van der Waals surface area contributed by atoms with Crippen molar-refractivity contribution in [3.63, 3.8) is 0 Å². The summed E-state index contributed by atoms with van der Waals surface area (Å²) >= 11 is 0. The first-order chi connectivity index (χ1) is 7.72. The topological polar surface area (TPSA) is 44.1 Å². The summed E-state index contributed by atoms with van der Waals surface area (Å²) in [6.07, 6.45) is 4.66. The van der Waals surface area contributed by atoms with Gasteiger partial charge in [0.1, 0.15) is 5.60 Å². The van der Waals surface area contributed by atoms with E-state index in [9.17, 15) is 4.79 Å². The van der Waals surface area contributed by atoms with Crippen LogP contribution in [-0.2, 0) is 16.6 Å². The Balaban J connectivity index is 2.07. The van der Waals surface area contributed by atoms with Gasteiger partial charge in [-0.15, -0.1) is 0 Å². The Labute approximate surface area is 102 Å². The van der Waals surface area contributed by atoms with Gasteiger partial charge in [-0.05, 0) is 39.7 Å². The van der Waals surface area contributed by atoms with Crippen LogP contribution in [0.1, 0.15) is 45.6 Å². The predicted molar refractivity (Wildman–Crippen MR) is 64.5 cm³/mol. The van der Waals surface area contributed by atoms with Gasteiger partial charge in [0, 0.05) is 19.2 Å². The average molecular weight is 236 g/mol. The molecule has 0 aliphatic heterocycles.